The Morgan fingerprint density at radius 2 is 0.778 bits per heavy atom. The summed E-state index contributed by atoms with van der Waals surface area (Å²) in [5, 5.41) is -0.474. The molecule has 0 bridgehead atoms. The van der Waals surface area contributed by atoms with Gasteiger partial charge in [-0.1, -0.05) is 39.3 Å². The average Bonchev–Trinajstić information content (AvgIpc) is 2.09. The first-order valence-electron chi connectivity index (χ1n) is 5.76. The molecule has 0 heterocycles. The van der Waals surface area contributed by atoms with Crippen LogP contribution in [0.2, 0.25) is 39.3 Å². The van der Waals surface area contributed by atoms with Crippen LogP contribution in [-0.4, -0.2) is 16.1 Å². The molecule has 0 radical (unpaired) electrons. The Labute approximate surface area is 107 Å². The smallest absolute Gasteiger partial charge is 0.194 e. The molecule has 0 atom stereocenters. The maximum absolute atomic E-state index is 14.4. The number of benzene rings is 1. The molecule has 1 aromatic rings. The van der Waals surface area contributed by atoms with E-state index in [1.54, 1.807) is 39.3 Å². The summed E-state index contributed by atoms with van der Waals surface area (Å²) >= 11 is 0. The van der Waals surface area contributed by atoms with E-state index in [2.05, 4.69) is 0 Å². The van der Waals surface area contributed by atoms with Crippen LogP contribution in [0.15, 0.2) is 0 Å². The summed E-state index contributed by atoms with van der Waals surface area (Å²) in [7, 11) is -4.84. The van der Waals surface area contributed by atoms with Crippen LogP contribution in [0, 0.1) is 23.3 Å². The Balaban J connectivity index is 3.83. The minimum absolute atomic E-state index is 0.237. The van der Waals surface area contributed by atoms with Crippen LogP contribution in [-0.2, 0) is 0 Å². The molecule has 0 amide bonds. The standard InChI is InChI=1S/C12H18F4Si2/c1-17(2,3)11-8(14)7(13)9(15)12(10(11)16)18(4,5)6/h1-6H3. The molecule has 18 heavy (non-hydrogen) atoms. The highest BCUT2D eigenvalue weighted by molar-refractivity contribution is 6.91. The third-order valence-corrected chi connectivity index (χ3v) is 6.64. The van der Waals surface area contributed by atoms with E-state index in [9.17, 15) is 17.6 Å². The predicted molar refractivity (Wildman–Crippen MR) is 72.2 cm³/mol. The van der Waals surface area contributed by atoms with Crippen molar-refractivity contribution < 1.29 is 17.6 Å². The van der Waals surface area contributed by atoms with Gasteiger partial charge in [-0.2, -0.15) is 0 Å². The van der Waals surface area contributed by atoms with Gasteiger partial charge >= 0.3 is 0 Å². The molecule has 0 fully saturated rings. The van der Waals surface area contributed by atoms with Crippen molar-refractivity contribution in [3.63, 3.8) is 0 Å². The molecule has 0 nitrogen and oxygen atoms in total. The SMILES string of the molecule is C[Si](C)(C)c1c(F)c(F)c(F)c([Si](C)(C)C)c1F. The summed E-state index contributed by atoms with van der Waals surface area (Å²) < 4.78 is 55.6. The predicted octanol–water partition coefficient (Wildman–Crippen LogP) is 3.33. The summed E-state index contributed by atoms with van der Waals surface area (Å²) in [5.41, 5.74) is 0. The van der Waals surface area contributed by atoms with Crippen molar-refractivity contribution in [2.24, 2.45) is 0 Å². The van der Waals surface area contributed by atoms with Crippen LogP contribution in [0.3, 0.4) is 0 Å². The zero-order chi connectivity index (χ0) is 14.5. The Hall–Kier alpha value is -0.626. The van der Waals surface area contributed by atoms with Gasteiger partial charge in [-0.05, 0) is 0 Å². The van der Waals surface area contributed by atoms with Crippen LogP contribution in [0.5, 0.6) is 0 Å². The quantitative estimate of drug-likeness (QED) is 0.340. The minimum atomic E-state index is -2.42. The Bertz CT molecular complexity index is 443. The summed E-state index contributed by atoms with van der Waals surface area (Å²) in [5.74, 6) is -5.12. The molecule has 1 aromatic carbocycles. The van der Waals surface area contributed by atoms with Crippen molar-refractivity contribution in [3.8, 4) is 0 Å². The van der Waals surface area contributed by atoms with Crippen LogP contribution < -0.4 is 10.4 Å². The van der Waals surface area contributed by atoms with Gasteiger partial charge in [0.2, 0.25) is 0 Å². The highest BCUT2D eigenvalue weighted by atomic mass is 28.3. The maximum atomic E-state index is 14.4. The Morgan fingerprint density at radius 3 is 1.00 bits per heavy atom. The molecule has 0 saturated carbocycles. The van der Waals surface area contributed by atoms with Gasteiger partial charge in [-0.25, -0.2) is 17.6 Å². The van der Waals surface area contributed by atoms with Crippen LogP contribution in [0.4, 0.5) is 17.6 Å². The summed E-state index contributed by atoms with van der Waals surface area (Å²) in [6.07, 6.45) is 0. The molecule has 0 aliphatic heterocycles. The van der Waals surface area contributed by atoms with Crippen LogP contribution >= 0.6 is 0 Å². The topological polar surface area (TPSA) is 0 Å². The summed E-state index contributed by atoms with van der Waals surface area (Å²) in [4.78, 5) is 0. The van der Waals surface area contributed by atoms with Gasteiger partial charge in [-0.3, -0.25) is 0 Å². The summed E-state index contributed by atoms with van der Waals surface area (Å²) in [6, 6.07) is 0. The number of hydrogen-bond acceptors (Lipinski definition) is 0. The van der Waals surface area contributed by atoms with Crippen molar-refractivity contribution >= 4 is 26.5 Å². The van der Waals surface area contributed by atoms with E-state index in [1.807, 2.05) is 0 Å². The van der Waals surface area contributed by atoms with Gasteiger partial charge in [0, 0.05) is 10.4 Å². The molecule has 0 aromatic heterocycles. The van der Waals surface area contributed by atoms with E-state index in [4.69, 9.17) is 0 Å². The van der Waals surface area contributed by atoms with Crippen molar-refractivity contribution in [2.75, 3.05) is 0 Å². The average molecular weight is 294 g/mol. The first kappa shape index (κ1) is 15.4. The third-order valence-electron chi connectivity index (χ3n) is 2.76. The highest BCUT2D eigenvalue weighted by Crippen LogP contribution is 2.18. The lowest BCUT2D eigenvalue weighted by Gasteiger charge is -2.25. The number of rotatable bonds is 2. The van der Waals surface area contributed by atoms with Gasteiger partial charge in [0.15, 0.2) is 17.5 Å². The van der Waals surface area contributed by atoms with Crippen molar-refractivity contribution in [2.45, 2.75) is 39.3 Å². The highest BCUT2D eigenvalue weighted by Gasteiger charge is 2.36. The molecule has 0 spiro atoms. The molecular weight excluding hydrogens is 276 g/mol. The number of hydrogen-bond donors (Lipinski definition) is 0. The van der Waals surface area contributed by atoms with Crippen molar-refractivity contribution in [1.29, 1.82) is 0 Å². The van der Waals surface area contributed by atoms with Gasteiger partial charge in [0.05, 0.1) is 16.1 Å². The van der Waals surface area contributed by atoms with Crippen LogP contribution in [0.1, 0.15) is 0 Å². The minimum Gasteiger partial charge on any atom is -0.207 e. The largest absolute Gasteiger partial charge is 0.207 e. The number of halogens is 4. The molecule has 0 unspecified atom stereocenters. The second kappa shape index (κ2) is 4.49. The van der Waals surface area contributed by atoms with Gasteiger partial charge in [0.1, 0.15) is 5.82 Å². The fourth-order valence-corrected chi connectivity index (χ4v) is 5.18. The van der Waals surface area contributed by atoms with Crippen molar-refractivity contribution in [1.82, 2.24) is 0 Å². The molecule has 0 aliphatic carbocycles. The third kappa shape index (κ3) is 2.54. The van der Waals surface area contributed by atoms with Gasteiger partial charge in [0.25, 0.3) is 0 Å². The first-order chi connectivity index (χ1) is 7.89. The first-order valence-corrected chi connectivity index (χ1v) is 12.8. The zero-order valence-electron chi connectivity index (χ0n) is 11.5. The van der Waals surface area contributed by atoms with Crippen molar-refractivity contribution in [3.05, 3.63) is 23.3 Å². The fraction of sp³-hybridized carbons (Fsp3) is 0.500. The van der Waals surface area contributed by atoms with E-state index in [0.717, 1.165) is 0 Å². The second-order valence-corrected chi connectivity index (χ2v) is 16.5. The zero-order valence-corrected chi connectivity index (χ0v) is 13.5. The molecule has 6 heteroatoms. The van der Waals surface area contributed by atoms with Gasteiger partial charge < -0.3 is 0 Å². The second-order valence-electron chi connectivity index (χ2n) is 6.51. The Kier molecular flexibility index (Phi) is 3.85. The lowest BCUT2D eigenvalue weighted by molar-refractivity contribution is 0.445. The van der Waals surface area contributed by atoms with E-state index in [-0.39, 0.29) is 10.4 Å². The van der Waals surface area contributed by atoms with E-state index in [0.29, 0.717) is 0 Å². The fourth-order valence-electron chi connectivity index (χ4n) is 1.95. The Morgan fingerprint density at radius 1 is 0.500 bits per heavy atom. The molecule has 0 aliphatic rings. The molecular formula is C12H18F4Si2. The lowest BCUT2D eigenvalue weighted by atomic mass is 10.3. The van der Waals surface area contributed by atoms with Gasteiger partial charge in [-0.15, -0.1) is 0 Å². The summed E-state index contributed by atoms with van der Waals surface area (Å²) in [6.45, 7) is 10.2. The lowest BCUT2D eigenvalue weighted by Crippen LogP contribution is -2.53. The van der Waals surface area contributed by atoms with E-state index < -0.39 is 39.4 Å². The molecule has 0 saturated heterocycles. The molecule has 102 valence electrons. The van der Waals surface area contributed by atoms with E-state index in [1.165, 1.54) is 0 Å². The molecule has 0 N–H and O–H groups in total. The van der Waals surface area contributed by atoms with E-state index >= 15 is 0 Å². The van der Waals surface area contributed by atoms with Crippen LogP contribution in [0.25, 0.3) is 0 Å². The normalized spacial score (nSPS) is 13.0. The maximum Gasteiger partial charge on any atom is 0.194 e. The monoisotopic (exact) mass is 294 g/mol. The molecule has 1 rings (SSSR count).